The van der Waals surface area contributed by atoms with Crippen molar-refractivity contribution >= 4 is 43.9 Å². The first kappa shape index (κ1) is 31.9. The fourth-order valence-electron chi connectivity index (χ4n) is 7.84. The van der Waals surface area contributed by atoms with E-state index in [1.165, 1.54) is 0 Å². The van der Waals surface area contributed by atoms with E-state index in [0.717, 1.165) is 105 Å². The zero-order valence-electron chi connectivity index (χ0n) is 30.2. The SMILES string of the molecule is c1ccc(-c2cc(-c3cc(-c4ccc(-c5ccc6c(c5)oc5ccccc56)cc4)cc(-c4ccc5oc6ccccc6c5c4)c3)nc(-c3ccccc3)n2)cc1. The van der Waals surface area contributed by atoms with Crippen LogP contribution in [0.3, 0.4) is 0 Å². The maximum absolute atomic E-state index is 6.22. The minimum atomic E-state index is 0.686. The lowest BCUT2D eigenvalue weighted by atomic mass is 9.93. The topological polar surface area (TPSA) is 52.1 Å². The lowest BCUT2D eigenvalue weighted by Crippen LogP contribution is -1.96. The van der Waals surface area contributed by atoms with Gasteiger partial charge in [0.25, 0.3) is 0 Å². The number of furan rings is 2. The molecule has 0 aliphatic heterocycles. The van der Waals surface area contributed by atoms with E-state index in [1.807, 2.05) is 60.7 Å². The summed E-state index contributed by atoms with van der Waals surface area (Å²) < 4.78 is 12.4. The zero-order chi connectivity index (χ0) is 37.0. The third kappa shape index (κ3) is 5.64. The molecule has 11 rings (SSSR count). The van der Waals surface area contributed by atoms with Crippen LogP contribution in [-0.2, 0) is 0 Å². The van der Waals surface area contributed by atoms with Crippen LogP contribution >= 0.6 is 0 Å². The molecule has 0 saturated heterocycles. The van der Waals surface area contributed by atoms with Gasteiger partial charge in [-0.15, -0.1) is 0 Å². The Hall–Kier alpha value is -7.56. The highest BCUT2D eigenvalue weighted by Gasteiger charge is 2.16. The van der Waals surface area contributed by atoms with Gasteiger partial charge in [0.1, 0.15) is 22.3 Å². The Morgan fingerprint density at radius 2 is 0.714 bits per heavy atom. The molecule has 0 aliphatic carbocycles. The second-order valence-corrected chi connectivity index (χ2v) is 14.2. The van der Waals surface area contributed by atoms with Crippen LogP contribution in [0.4, 0.5) is 0 Å². The second-order valence-electron chi connectivity index (χ2n) is 14.2. The van der Waals surface area contributed by atoms with Crippen molar-refractivity contribution in [2.24, 2.45) is 0 Å². The third-order valence-corrected chi connectivity index (χ3v) is 10.7. The fraction of sp³-hybridized carbons (Fsp3) is 0. The Kier molecular flexibility index (Phi) is 7.46. The summed E-state index contributed by atoms with van der Waals surface area (Å²) in [7, 11) is 0. The van der Waals surface area contributed by atoms with Crippen molar-refractivity contribution in [1.82, 2.24) is 9.97 Å². The summed E-state index contributed by atoms with van der Waals surface area (Å²) in [6.07, 6.45) is 0. The predicted octanol–water partition coefficient (Wildman–Crippen LogP) is 14.3. The molecule has 0 N–H and O–H groups in total. The van der Waals surface area contributed by atoms with Crippen molar-refractivity contribution in [2.75, 3.05) is 0 Å². The third-order valence-electron chi connectivity index (χ3n) is 10.7. The van der Waals surface area contributed by atoms with Crippen LogP contribution in [0.1, 0.15) is 0 Å². The molecule has 8 aromatic carbocycles. The van der Waals surface area contributed by atoms with Crippen molar-refractivity contribution in [3.8, 4) is 67.3 Å². The monoisotopic (exact) mass is 716 g/mol. The lowest BCUT2D eigenvalue weighted by Gasteiger charge is -2.14. The first-order valence-electron chi connectivity index (χ1n) is 18.8. The van der Waals surface area contributed by atoms with Crippen LogP contribution < -0.4 is 0 Å². The van der Waals surface area contributed by atoms with E-state index < -0.39 is 0 Å². The molecule has 0 aliphatic rings. The standard InChI is InChI=1S/C52H32N2O2/c1-3-11-35(12-4-1)46-32-47(54-52(53-46)36-13-5-2-6-14-36)41-28-39(27-40(29-41)37-24-26-50-45(30-37)43-16-8-10-18-49(43)55-50)34-21-19-33(20-22-34)38-23-25-44-42-15-7-9-17-48(42)56-51(44)31-38/h1-32H. The zero-order valence-corrected chi connectivity index (χ0v) is 30.2. The molecule has 4 heteroatoms. The van der Waals surface area contributed by atoms with E-state index in [0.29, 0.717) is 5.82 Å². The molecule has 0 unspecified atom stereocenters. The van der Waals surface area contributed by atoms with Gasteiger partial charge in [0, 0.05) is 38.2 Å². The summed E-state index contributed by atoms with van der Waals surface area (Å²) in [6, 6.07) is 67.6. The summed E-state index contributed by atoms with van der Waals surface area (Å²) in [5.41, 5.74) is 14.9. The summed E-state index contributed by atoms with van der Waals surface area (Å²) in [5.74, 6) is 0.686. The van der Waals surface area contributed by atoms with Gasteiger partial charge in [-0.05, 0) is 94.0 Å². The van der Waals surface area contributed by atoms with Crippen LogP contribution in [0.15, 0.2) is 203 Å². The van der Waals surface area contributed by atoms with Gasteiger partial charge >= 0.3 is 0 Å². The lowest BCUT2D eigenvalue weighted by molar-refractivity contribution is 0.668. The Balaban J connectivity index is 1.07. The minimum absolute atomic E-state index is 0.686. The molecule has 0 radical (unpaired) electrons. The van der Waals surface area contributed by atoms with E-state index in [2.05, 4.69) is 133 Å². The van der Waals surface area contributed by atoms with E-state index in [9.17, 15) is 0 Å². The molecule has 0 bridgehead atoms. The van der Waals surface area contributed by atoms with Gasteiger partial charge in [0.05, 0.1) is 11.4 Å². The molecule has 4 nitrogen and oxygen atoms in total. The van der Waals surface area contributed by atoms with Crippen molar-refractivity contribution in [2.45, 2.75) is 0 Å². The molecular weight excluding hydrogens is 685 g/mol. The average Bonchev–Trinajstić information content (AvgIpc) is 3.84. The van der Waals surface area contributed by atoms with E-state index in [-0.39, 0.29) is 0 Å². The van der Waals surface area contributed by atoms with Gasteiger partial charge in [-0.2, -0.15) is 0 Å². The molecule has 0 fully saturated rings. The van der Waals surface area contributed by atoms with Crippen molar-refractivity contribution < 1.29 is 8.83 Å². The van der Waals surface area contributed by atoms with Crippen molar-refractivity contribution in [1.29, 1.82) is 0 Å². The van der Waals surface area contributed by atoms with Crippen LogP contribution in [0, 0.1) is 0 Å². The number of nitrogens with zero attached hydrogens (tertiary/aromatic N) is 2. The Labute approximate surface area is 323 Å². The molecule has 3 aromatic heterocycles. The summed E-state index contributed by atoms with van der Waals surface area (Å²) in [5, 5.41) is 4.46. The van der Waals surface area contributed by atoms with Crippen molar-refractivity contribution in [3.05, 3.63) is 194 Å². The Morgan fingerprint density at radius 3 is 1.43 bits per heavy atom. The molecule has 0 atom stereocenters. The number of benzene rings is 8. The van der Waals surface area contributed by atoms with Gasteiger partial charge in [0.2, 0.25) is 0 Å². The molecular formula is C52H32N2O2. The Bertz CT molecular complexity index is 3180. The molecule has 11 aromatic rings. The molecule has 0 spiro atoms. The highest BCUT2D eigenvalue weighted by Crippen LogP contribution is 2.38. The molecule has 0 amide bonds. The largest absolute Gasteiger partial charge is 0.456 e. The molecule has 0 saturated carbocycles. The summed E-state index contributed by atoms with van der Waals surface area (Å²) >= 11 is 0. The highest BCUT2D eigenvalue weighted by molar-refractivity contribution is 6.07. The maximum Gasteiger partial charge on any atom is 0.160 e. The molecule has 262 valence electrons. The van der Waals surface area contributed by atoms with Crippen LogP contribution in [0.2, 0.25) is 0 Å². The second kappa shape index (κ2) is 13.1. The normalized spacial score (nSPS) is 11.6. The number of rotatable bonds is 6. The van der Waals surface area contributed by atoms with Gasteiger partial charge in [-0.1, -0.05) is 133 Å². The average molecular weight is 717 g/mol. The fourth-order valence-corrected chi connectivity index (χ4v) is 7.84. The van der Waals surface area contributed by atoms with Gasteiger partial charge in [-0.25, -0.2) is 9.97 Å². The van der Waals surface area contributed by atoms with E-state index >= 15 is 0 Å². The maximum atomic E-state index is 6.22. The number of hydrogen-bond donors (Lipinski definition) is 0. The first-order valence-corrected chi connectivity index (χ1v) is 18.8. The quantitative estimate of drug-likeness (QED) is 0.172. The van der Waals surface area contributed by atoms with Gasteiger partial charge in [-0.3, -0.25) is 0 Å². The van der Waals surface area contributed by atoms with Gasteiger partial charge < -0.3 is 8.83 Å². The minimum Gasteiger partial charge on any atom is -0.456 e. The molecule has 3 heterocycles. The summed E-state index contributed by atoms with van der Waals surface area (Å²) in [4.78, 5) is 10.3. The Morgan fingerprint density at radius 1 is 0.250 bits per heavy atom. The van der Waals surface area contributed by atoms with Crippen LogP contribution in [0.25, 0.3) is 111 Å². The van der Waals surface area contributed by atoms with Gasteiger partial charge in [0.15, 0.2) is 5.82 Å². The highest BCUT2D eigenvalue weighted by atomic mass is 16.3. The number of aromatic nitrogens is 2. The van der Waals surface area contributed by atoms with E-state index in [1.54, 1.807) is 0 Å². The van der Waals surface area contributed by atoms with Crippen molar-refractivity contribution in [3.63, 3.8) is 0 Å². The van der Waals surface area contributed by atoms with E-state index in [4.69, 9.17) is 18.8 Å². The predicted molar refractivity (Wildman–Crippen MR) is 229 cm³/mol. The van der Waals surface area contributed by atoms with Crippen LogP contribution in [0.5, 0.6) is 0 Å². The number of hydrogen-bond acceptors (Lipinski definition) is 4. The smallest absolute Gasteiger partial charge is 0.160 e. The number of para-hydroxylation sites is 2. The number of fused-ring (bicyclic) bond motifs is 6. The summed E-state index contributed by atoms with van der Waals surface area (Å²) in [6.45, 7) is 0. The van der Waals surface area contributed by atoms with Crippen LogP contribution in [-0.4, -0.2) is 9.97 Å². The first-order chi connectivity index (χ1) is 27.7. The molecule has 56 heavy (non-hydrogen) atoms.